The molecule has 1 saturated heterocycles. The van der Waals surface area contributed by atoms with Crippen LogP contribution in [0.25, 0.3) is 0 Å². The van der Waals surface area contributed by atoms with Gasteiger partial charge < -0.3 is 10.4 Å². The predicted molar refractivity (Wildman–Crippen MR) is 81.6 cm³/mol. The van der Waals surface area contributed by atoms with Crippen molar-refractivity contribution in [2.24, 2.45) is 11.3 Å². The molecule has 2 unspecified atom stereocenters. The first-order valence-corrected chi connectivity index (χ1v) is 9.65. The van der Waals surface area contributed by atoms with Gasteiger partial charge in [0, 0.05) is 13.0 Å². The Bertz CT molecular complexity index is 500. The van der Waals surface area contributed by atoms with Crippen LogP contribution in [-0.4, -0.2) is 43.1 Å². The summed E-state index contributed by atoms with van der Waals surface area (Å²) < 4.78 is 23.1. The van der Waals surface area contributed by atoms with Gasteiger partial charge in [-0.15, -0.1) is 0 Å². The van der Waals surface area contributed by atoms with Gasteiger partial charge in [-0.2, -0.15) is 0 Å². The molecular formula is C15H27NO4S. The molecule has 0 spiro atoms. The molecule has 122 valence electrons. The molecule has 1 amide bonds. The molecule has 1 saturated carbocycles. The van der Waals surface area contributed by atoms with Crippen molar-refractivity contribution in [2.75, 3.05) is 18.1 Å². The summed E-state index contributed by atoms with van der Waals surface area (Å²) in [6.45, 7) is 4.32. The van der Waals surface area contributed by atoms with Crippen molar-refractivity contribution >= 4 is 15.7 Å². The zero-order chi connectivity index (χ0) is 15.7. The second kappa shape index (κ2) is 5.88. The molecule has 0 bridgehead atoms. The van der Waals surface area contributed by atoms with Crippen molar-refractivity contribution in [3.8, 4) is 0 Å². The minimum absolute atomic E-state index is 0.0741. The van der Waals surface area contributed by atoms with Crippen LogP contribution in [-0.2, 0) is 14.6 Å². The number of nitrogens with one attached hydrogen (secondary N) is 1. The van der Waals surface area contributed by atoms with E-state index in [-0.39, 0.29) is 41.7 Å². The molecule has 1 heterocycles. The first kappa shape index (κ1) is 16.7. The van der Waals surface area contributed by atoms with Crippen molar-refractivity contribution in [2.45, 2.75) is 58.0 Å². The second-order valence-electron chi connectivity index (χ2n) is 7.37. The standard InChI is InChI=1S/C15H27NO4S/c1-14(2)6-4-7-15(14,18)11-16-13(17)9-12-5-3-8-21(19,20)10-12/h12,18H,3-11H2,1-2H3,(H,16,17). The van der Waals surface area contributed by atoms with E-state index in [0.717, 1.165) is 19.3 Å². The monoisotopic (exact) mass is 317 g/mol. The third kappa shape index (κ3) is 3.97. The number of aliphatic hydroxyl groups is 1. The fourth-order valence-corrected chi connectivity index (χ4v) is 5.36. The lowest BCUT2D eigenvalue weighted by Gasteiger charge is -2.37. The first-order chi connectivity index (χ1) is 9.64. The van der Waals surface area contributed by atoms with Gasteiger partial charge >= 0.3 is 0 Å². The summed E-state index contributed by atoms with van der Waals surface area (Å²) in [5.74, 6) is 0.151. The second-order valence-corrected chi connectivity index (χ2v) is 9.60. The van der Waals surface area contributed by atoms with Gasteiger partial charge in [0.2, 0.25) is 5.91 Å². The Morgan fingerprint density at radius 3 is 2.57 bits per heavy atom. The fraction of sp³-hybridized carbons (Fsp3) is 0.933. The quantitative estimate of drug-likeness (QED) is 0.817. The summed E-state index contributed by atoms with van der Waals surface area (Å²) in [5, 5.41) is 13.5. The normalized spacial score (nSPS) is 34.5. The van der Waals surface area contributed by atoms with Crippen molar-refractivity contribution in [1.82, 2.24) is 5.32 Å². The Hall–Kier alpha value is -0.620. The highest BCUT2D eigenvalue weighted by atomic mass is 32.2. The lowest BCUT2D eigenvalue weighted by atomic mass is 9.78. The third-order valence-corrected chi connectivity index (χ3v) is 7.15. The lowest BCUT2D eigenvalue weighted by molar-refractivity contribution is -0.124. The topological polar surface area (TPSA) is 83.5 Å². The molecule has 0 radical (unpaired) electrons. The number of hydrogen-bond donors (Lipinski definition) is 2. The van der Waals surface area contributed by atoms with Crippen molar-refractivity contribution in [3.05, 3.63) is 0 Å². The Labute approximate surface area is 127 Å². The molecule has 1 aliphatic heterocycles. The van der Waals surface area contributed by atoms with E-state index >= 15 is 0 Å². The van der Waals surface area contributed by atoms with E-state index < -0.39 is 15.4 Å². The zero-order valence-electron chi connectivity index (χ0n) is 13.0. The van der Waals surface area contributed by atoms with Crippen LogP contribution in [0.5, 0.6) is 0 Å². The molecule has 6 heteroatoms. The van der Waals surface area contributed by atoms with Crippen LogP contribution in [0.4, 0.5) is 0 Å². The van der Waals surface area contributed by atoms with E-state index in [0.29, 0.717) is 12.8 Å². The molecule has 0 aromatic carbocycles. The number of hydrogen-bond acceptors (Lipinski definition) is 4. The Kier molecular flexibility index (Phi) is 4.69. The maximum atomic E-state index is 12.0. The smallest absolute Gasteiger partial charge is 0.220 e. The highest BCUT2D eigenvalue weighted by molar-refractivity contribution is 7.91. The van der Waals surface area contributed by atoms with Gasteiger partial charge in [-0.05, 0) is 43.4 Å². The van der Waals surface area contributed by atoms with Gasteiger partial charge in [-0.3, -0.25) is 4.79 Å². The van der Waals surface area contributed by atoms with Crippen LogP contribution in [0.3, 0.4) is 0 Å². The van der Waals surface area contributed by atoms with Gasteiger partial charge in [0.25, 0.3) is 0 Å². The number of sulfone groups is 1. The minimum atomic E-state index is -2.97. The van der Waals surface area contributed by atoms with E-state index in [4.69, 9.17) is 0 Å². The van der Waals surface area contributed by atoms with E-state index in [9.17, 15) is 18.3 Å². The molecule has 0 aromatic rings. The van der Waals surface area contributed by atoms with Crippen molar-refractivity contribution in [3.63, 3.8) is 0 Å². The Balaban J connectivity index is 1.83. The van der Waals surface area contributed by atoms with E-state index in [1.54, 1.807) is 0 Å². The molecule has 1 aliphatic carbocycles. The minimum Gasteiger partial charge on any atom is -0.387 e. The van der Waals surface area contributed by atoms with Gasteiger partial charge in [-0.1, -0.05) is 13.8 Å². The highest BCUT2D eigenvalue weighted by Gasteiger charge is 2.47. The molecular weight excluding hydrogens is 290 g/mol. The SMILES string of the molecule is CC1(C)CCCC1(O)CNC(=O)CC1CCCS(=O)(=O)C1. The van der Waals surface area contributed by atoms with Crippen LogP contribution >= 0.6 is 0 Å². The average Bonchev–Trinajstić information content (AvgIpc) is 2.60. The summed E-state index contributed by atoms with van der Waals surface area (Å²) in [4.78, 5) is 12.0. The molecule has 2 fully saturated rings. The van der Waals surface area contributed by atoms with E-state index in [2.05, 4.69) is 5.32 Å². The summed E-state index contributed by atoms with van der Waals surface area (Å²) in [7, 11) is -2.97. The van der Waals surface area contributed by atoms with Crippen LogP contribution < -0.4 is 5.32 Å². The highest BCUT2D eigenvalue weighted by Crippen LogP contribution is 2.45. The summed E-state index contributed by atoms with van der Waals surface area (Å²) in [6, 6.07) is 0. The van der Waals surface area contributed by atoms with Gasteiger partial charge in [0.05, 0.1) is 17.1 Å². The zero-order valence-corrected chi connectivity index (χ0v) is 13.8. The Morgan fingerprint density at radius 1 is 1.29 bits per heavy atom. The van der Waals surface area contributed by atoms with Gasteiger partial charge in [-0.25, -0.2) is 8.42 Å². The molecule has 2 atom stereocenters. The van der Waals surface area contributed by atoms with E-state index in [1.165, 1.54) is 0 Å². The third-order valence-electron chi connectivity index (χ3n) is 5.26. The van der Waals surface area contributed by atoms with Crippen LogP contribution in [0, 0.1) is 11.3 Å². The molecule has 2 aliphatic rings. The summed E-state index contributed by atoms with van der Waals surface area (Å²) in [5.41, 5.74) is -1.03. The first-order valence-electron chi connectivity index (χ1n) is 7.83. The van der Waals surface area contributed by atoms with Crippen LogP contribution in [0.15, 0.2) is 0 Å². The molecule has 5 nitrogen and oxygen atoms in total. The number of rotatable bonds is 4. The maximum Gasteiger partial charge on any atom is 0.220 e. The molecule has 2 N–H and O–H groups in total. The van der Waals surface area contributed by atoms with Crippen LogP contribution in [0.1, 0.15) is 52.4 Å². The molecule has 0 aromatic heterocycles. The fourth-order valence-electron chi connectivity index (χ4n) is 3.58. The predicted octanol–water partition coefficient (Wildman–Crippen LogP) is 1.26. The summed E-state index contributed by atoms with van der Waals surface area (Å²) >= 11 is 0. The molecule has 2 rings (SSSR count). The average molecular weight is 317 g/mol. The van der Waals surface area contributed by atoms with E-state index in [1.807, 2.05) is 13.8 Å². The van der Waals surface area contributed by atoms with Crippen molar-refractivity contribution in [1.29, 1.82) is 0 Å². The summed E-state index contributed by atoms with van der Waals surface area (Å²) in [6.07, 6.45) is 4.33. The molecule has 21 heavy (non-hydrogen) atoms. The van der Waals surface area contributed by atoms with Gasteiger partial charge in [0.1, 0.15) is 0 Å². The lowest BCUT2D eigenvalue weighted by Crippen LogP contribution is -2.50. The van der Waals surface area contributed by atoms with Crippen molar-refractivity contribution < 1.29 is 18.3 Å². The van der Waals surface area contributed by atoms with Crippen LogP contribution in [0.2, 0.25) is 0 Å². The number of carbonyl (C=O) groups excluding carboxylic acids is 1. The maximum absolute atomic E-state index is 12.0. The largest absolute Gasteiger partial charge is 0.387 e. The Morgan fingerprint density at radius 2 is 2.00 bits per heavy atom. The number of amides is 1. The van der Waals surface area contributed by atoms with Gasteiger partial charge in [0.15, 0.2) is 9.84 Å². The number of carbonyl (C=O) groups is 1.